The Kier molecular flexibility index (Phi) is 5.65. The van der Waals surface area contributed by atoms with Crippen molar-refractivity contribution in [3.63, 3.8) is 0 Å². The molecule has 0 aromatic heterocycles. The molecule has 0 saturated heterocycles. The van der Waals surface area contributed by atoms with E-state index < -0.39 is 5.91 Å². The van der Waals surface area contributed by atoms with Crippen LogP contribution in [0.5, 0.6) is 0 Å². The average molecular weight is 300 g/mol. The maximum Gasteiger partial charge on any atom is 0.233 e. The molecular weight excluding hydrogens is 283 g/mol. The Balaban J connectivity index is 1.70. The molecule has 0 bridgehead atoms. The summed E-state index contributed by atoms with van der Waals surface area (Å²) < 4.78 is 12.7. The second-order valence-corrected chi connectivity index (χ2v) is 4.82. The molecule has 5 heteroatoms. The van der Waals surface area contributed by atoms with Crippen LogP contribution in [0.25, 0.3) is 0 Å². The third-order valence-electron chi connectivity index (χ3n) is 3.03. The van der Waals surface area contributed by atoms with Crippen LogP contribution in [-0.2, 0) is 16.0 Å². The van der Waals surface area contributed by atoms with E-state index in [9.17, 15) is 14.0 Å². The van der Waals surface area contributed by atoms with Gasteiger partial charge in [0.15, 0.2) is 0 Å². The minimum atomic E-state index is -0.427. The Bertz CT molecular complexity index is 627. The first-order valence-electron chi connectivity index (χ1n) is 6.99. The van der Waals surface area contributed by atoms with Crippen LogP contribution in [0.3, 0.4) is 0 Å². The minimum absolute atomic E-state index is 0.258. The van der Waals surface area contributed by atoms with Crippen LogP contribution in [-0.4, -0.2) is 18.4 Å². The van der Waals surface area contributed by atoms with E-state index in [0.717, 1.165) is 5.56 Å². The van der Waals surface area contributed by atoms with E-state index in [-0.39, 0.29) is 18.1 Å². The molecule has 0 unspecified atom stereocenters. The molecule has 0 saturated carbocycles. The largest absolute Gasteiger partial charge is 0.355 e. The summed E-state index contributed by atoms with van der Waals surface area (Å²) in [5, 5.41) is 5.24. The molecular formula is C17H17FN2O2. The fourth-order valence-electron chi connectivity index (χ4n) is 1.94. The molecule has 0 heterocycles. The summed E-state index contributed by atoms with van der Waals surface area (Å²) in [5.74, 6) is -1.14. The number of carbonyl (C=O) groups excluding carboxylic acids is 2. The average Bonchev–Trinajstić information content (AvgIpc) is 2.50. The van der Waals surface area contributed by atoms with Crippen molar-refractivity contribution in [1.29, 1.82) is 0 Å². The van der Waals surface area contributed by atoms with E-state index in [1.807, 2.05) is 30.3 Å². The van der Waals surface area contributed by atoms with Gasteiger partial charge in [-0.3, -0.25) is 9.59 Å². The molecule has 0 aliphatic heterocycles. The fraction of sp³-hybridized carbons (Fsp3) is 0.176. The topological polar surface area (TPSA) is 58.2 Å². The van der Waals surface area contributed by atoms with E-state index in [0.29, 0.717) is 18.7 Å². The second-order valence-electron chi connectivity index (χ2n) is 4.82. The highest BCUT2D eigenvalue weighted by Crippen LogP contribution is 2.08. The first kappa shape index (κ1) is 15.7. The number of benzene rings is 2. The van der Waals surface area contributed by atoms with Gasteiger partial charge in [0, 0.05) is 12.2 Å². The van der Waals surface area contributed by atoms with Crippen LogP contribution in [0.15, 0.2) is 54.6 Å². The lowest BCUT2D eigenvalue weighted by Gasteiger charge is -2.07. The van der Waals surface area contributed by atoms with E-state index in [2.05, 4.69) is 10.6 Å². The highest BCUT2D eigenvalue weighted by Gasteiger charge is 2.09. The summed E-state index contributed by atoms with van der Waals surface area (Å²) >= 11 is 0. The van der Waals surface area contributed by atoms with Crippen molar-refractivity contribution in [3.05, 3.63) is 66.0 Å². The zero-order valence-corrected chi connectivity index (χ0v) is 12.0. The van der Waals surface area contributed by atoms with Crippen molar-refractivity contribution >= 4 is 17.5 Å². The van der Waals surface area contributed by atoms with Crippen molar-refractivity contribution in [2.45, 2.75) is 12.8 Å². The first-order chi connectivity index (χ1) is 10.6. The molecule has 2 amide bonds. The van der Waals surface area contributed by atoms with E-state index in [1.54, 1.807) is 0 Å². The molecule has 2 aromatic carbocycles. The lowest BCUT2D eigenvalue weighted by atomic mass is 10.1. The molecule has 2 N–H and O–H groups in total. The van der Waals surface area contributed by atoms with Gasteiger partial charge in [-0.1, -0.05) is 30.3 Å². The lowest BCUT2D eigenvalue weighted by Crippen LogP contribution is -2.29. The molecule has 114 valence electrons. The molecule has 22 heavy (non-hydrogen) atoms. The molecule has 2 aromatic rings. The Morgan fingerprint density at radius 3 is 2.27 bits per heavy atom. The Morgan fingerprint density at radius 2 is 1.59 bits per heavy atom. The predicted octanol–water partition coefficient (Wildman–Crippen LogP) is 2.51. The summed E-state index contributed by atoms with van der Waals surface area (Å²) in [7, 11) is 0. The number of nitrogens with one attached hydrogen (secondary N) is 2. The number of rotatable bonds is 6. The van der Waals surface area contributed by atoms with Gasteiger partial charge >= 0.3 is 0 Å². The summed E-state index contributed by atoms with van der Waals surface area (Å²) in [6.45, 7) is 0.479. The third-order valence-corrected chi connectivity index (χ3v) is 3.03. The molecule has 0 fully saturated rings. The molecule has 4 nitrogen and oxygen atoms in total. The van der Waals surface area contributed by atoms with Crippen molar-refractivity contribution in [2.75, 3.05) is 11.9 Å². The fourth-order valence-corrected chi connectivity index (χ4v) is 1.94. The second kappa shape index (κ2) is 7.93. The molecule has 0 atom stereocenters. The van der Waals surface area contributed by atoms with Gasteiger partial charge in [-0.25, -0.2) is 4.39 Å². The molecule has 0 spiro atoms. The zero-order chi connectivity index (χ0) is 15.8. The number of anilines is 1. The van der Waals surface area contributed by atoms with Crippen LogP contribution in [0, 0.1) is 5.82 Å². The zero-order valence-electron chi connectivity index (χ0n) is 12.0. The monoisotopic (exact) mass is 300 g/mol. The predicted molar refractivity (Wildman–Crippen MR) is 82.8 cm³/mol. The van der Waals surface area contributed by atoms with E-state index >= 15 is 0 Å². The van der Waals surface area contributed by atoms with Crippen molar-refractivity contribution < 1.29 is 14.0 Å². The van der Waals surface area contributed by atoms with Gasteiger partial charge in [-0.15, -0.1) is 0 Å². The lowest BCUT2D eigenvalue weighted by molar-refractivity contribution is -0.126. The molecule has 2 rings (SSSR count). The minimum Gasteiger partial charge on any atom is -0.355 e. The van der Waals surface area contributed by atoms with Crippen molar-refractivity contribution in [3.8, 4) is 0 Å². The van der Waals surface area contributed by atoms with E-state index in [4.69, 9.17) is 0 Å². The highest BCUT2D eigenvalue weighted by atomic mass is 19.1. The van der Waals surface area contributed by atoms with Gasteiger partial charge in [0.1, 0.15) is 12.2 Å². The van der Waals surface area contributed by atoms with Crippen LogP contribution >= 0.6 is 0 Å². The van der Waals surface area contributed by atoms with Gasteiger partial charge in [0.25, 0.3) is 0 Å². The van der Waals surface area contributed by atoms with Gasteiger partial charge in [0.05, 0.1) is 0 Å². The quantitative estimate of drug-likeness (QED) is 0.805. The number of carbonyl (C=O) groups is 2. The van der Waals surface area contributed by atoms with Crippen LogP contribution in [0.1, 0.15) is 12.0 Å². The summed E-state index contributed by atoms with van der Waals surface area (Å²) in [6, 6.07) is 15.1. The molecule has 0 aliphatic rings. The van der Waals surface area contributed by atoms with E-state index in [1.165, 1.54) is 24.3 Å². The SMILES string of the molecule is O=C(CC(=O)Nc1ccc(F)cc1)NCCc1ccccc1. The van der Waals surface area contributed by atoms with Gasteiger partial charge < -0.3 is 10.6 Å². The van der Waals surface area contributed by atoms with Crippen molar-refractivity contribution in [2.24, 2.45) is 0 Å². The smallest absolute Gasteiger partial charge is 0.233 e. The van der Waals surface area contributed by atoms with Crippen LogP contribution < -0.4 is 10.6 Å². The van der Waals surface area contributed by atoms with Crippen LogP contribution in [0.2, 0.25) is 0 Å². The Morgan fingerprint density at radius 1 is 0.909 bits per heavy atom. The van der Waals surface area contributed by atoms with Crippen LogP contribution in [0.4, 0.5) is 10.1 Å². The van der Waals surface area contributed by atoms with Gasteiger partial charge in [-0.2, -0.15) is 0 Å². The number of halogens is 1. The van der Waals surface area contributed by atoms with Gasteiger partial charge in [0.2, 0.25) is 11.8 Å². The molecule has 0 radical (unpaired) electrons. The summed E-state index contributed by atoms with van der Waals surface area (Å²) in [5.41, 5.74) is 1.59. The summed E-state index contributed by atoms with van der Waals surface area (Å²) in [4.78, 5) is 23.3. The number of hydrogen-bond donors (Lipinski definition) is 2. The Hall–Kier alpha value is -2.69. The van der Waals surface area contributed by atoms with Crippen molar-refractivity contribution in [1.82, 2.24) is 5.32 Å². The first-order valence-corrected chi connectivity index (χ1v) is 6.99. The van der Waals surface area contributed by atoms with Gasteiger partial charge in [-0.05, 0) is 36.2 Å². The Labute approximate surface area is 128 Å². The standard InChI is InChI=1S/C17H17FN2O2/c18-14-6-8-15(9-7-14)20-17(22)12-16(21)19-11-10-13-4-2-1-3-5-13/h1-9H,10-12H2,(H,19,21)(H,20,22). The number of amides is 2. The third kappa shape index (κ3) is 5.36. The highest BCUT2D eigenvalue weighted by molar-refractivity contribution is 6.03. The maximum absolute atomic E-state index is 12.7. The summed E-state index contributed by atoms with van der Waals surface area (Å²) in [6.07, 6.45) is 0.457. The maximum atomic E-state index is 12.7. The normalized spacial score (nSPS) is 10.0. The molecule has 0 aliphatic carbocycles. The number of hydrogen-bond acceptors (Lipinski definition) is 2.